The number of hydrogen-bond donors (Lipinski definition) is 0. The lowest BCUT2D eigenvalue weighted by Crippen LogP contribution is -2.27. The quantitative estimate of drug-likeness (QED) is 0.472. The second-order valence-corrected chi connectivity index (χ2v) is 9.71. The lowest BCUT2D eigenvalue weighted by Gasteiger charge is -2.20. The molecule has 3 aromatic rings. The third kappa shape index (κ3) is 4.53. The molecule has 0 N–H and O–H groups in total. The van der Waals surface area contributed by atoms with Gasteiger partial charge in [-0.1, -0.05) is 0 Å². The Morgan fingerprint density at radius 3 is 2.56 bits per heavy atom. The number of methoxy groups -OCH3 is 1. The Hall–Kier alpha value is -2.80. The first-order chi connectivity index (χ1) is 15.2. The van der Waals surface area contributed by atoms with Gasteiger partial charge in [-0.25, -0.2) is 9.36 Å². The van der Waals surface area contributed by atoms with Gasteiger partial charge in [-0.3, -0.25) is 4.98 Å². The zero-order valence-electron chi connectivity index (χ0n) is 19.9. The average molecular weight is 440 g/mol. The van der Waals surface area contributed by atoms with E-state index in [0.29, 0.717) is 24.0 Å². The minimum atomic E-state index is -0.607. The van der Waals surface area contributed by atoms with E-state index in [1.165, 1.54) is 0 Å². The van der Waals surface area contributed by atoms with Gasteiger partial charge in [-0.15, -0.1) is 0 Å². The molecule has 1 aromatic carbocycles. The topological polar surface area (TPSA) is 65.8 Å². The normalized spacial score (nSPS) is 14.3. The van der Waals surface area contributed by atoms with Crippen LogP contribution in [0.15, 0.2) is 24.4 Å². The van der Waals surface area contributed by atoms with E-state index in [4.69, 9.17) is 14.2 Å². The van der Waals surface area contributed by atoms with Gasteiger partial charge in [0.15, 0.2) is 11.5 Å². The number of carbonyl (C=O) groups is 1. The Morgan fingerprint density at radius 2 is 1.94 bits per heavy atom. The highest BCUT2D eigenvalue weighted by Gasteiger charge is 2.31. The summed E-state index contributed by atoms with van der Waals surface area (Å²) in [6, 6.07) is 5.74. The lowest BCUT2D eigenvalue weighted by atomic mass is 10.1. The van der Waals surface area contributed by atoms with Crippen LogP contribution in [0.1, 0.15) is 51.6 Å². The minimum Gasteiger partial charge on any atom is -0.493 e. The van der Waals surface area contributed by atoms with Gasteiger partial charge < -0.3 is 19.1 Å². The molecule has 0 aliphatic heterocycles. The van der Waals surface area contributed by atoms with Gasteiger partial charge in [0.25, 0.3) is 0 Å². The first kappa shape index (κ1) is 22.4. The molecule has 0 unspecified atom stereocenters. The van der Waals surface area contributed by atoms with Crippen LogP contribution in [0.3, 0.4) is 0 Å². The molecule has 4 rings (SSSR count). The largest absolute Gasteiger partial charge is 0.493 e. The molecular weight excluding hydrogens is 406 g/mol. The number of rotatable bonds is 7. The molecule has 1 saturated carbocycles. The van der Waals surface area contributed by atoms with Crippen LogP contribution in [0.25, 0.3) is 21.8 Å². The third-order valence-electron chi connectivity index (χ3n) is 5.54. The molecule has 1 fully saturated rings. The van der Waals surface area contributed by atoms with Gasteiger partial charge >= 0.3 is 6.09 Å². The molecule has 2 aromatic heterocycles. The molecule has 0 radical (unpaired) electrons. The molecule has 1 aliphatic carbocycles. The fourth-order valence-corrected chi connectivity index (χ4v) is 4.00. The summed E-state index contributed by atoms with van der Waals surface area (Å²) in [5.74, 6) is 1.70. The summed E-state index contributed by atoms with van der Waals surface area (Å²) in [5.41, 5.74) is 1.98. The van der Waals surface area contributed by atoms with Crippen molar-refractivity contribution in [3.63, 3.8) is 0 Å². The number of nitrogens with zero attached hydrogens (tertiary/aromatic N) is 3. The van der Waals surface area contributed by atoms with Crippen LogP contribution in [-0.4, -0.2) is 60.5 Å². The van der Waals surface area contributed by atoms with Crippen LogP contribution < -0.4 is 9.47 Å². The Morgan fingerprint density at radius 1 is 1.19 bits per heavy atom. The van der Waals surface area contributed by atoms with Crippen molar-refractivity contribution >= 4 is 27.9 Å². The summed E-state index contributed by atoms with van der Waals surface area (Å²) in [7, 11) is 5.72. The summed E-state index contributed by atoms with van der Waals surface area (Å²) in [6.45, 7) is 7.11. The second kappa shape index (κ2) is 8.62. The van der Waals surface area contributed by atoms with Crippen molar-refractivity contribution in [2.75, 3.05) is 34.4 Å². The molecule has 172 valence electrons. The molecule has 0 bridgehead atoms. The van der Waals surface area contributed by atoms with Crippen molar-refractivity contribution in [2.45, 2.75) is 51.6 Å². The monoisotopic (exact) mass is 439 g/mol. The van der Waals surface area contributed by atoms with Crippen molar-refractivity contribution in [1.82, 2.24) is 14.5 Å². The van der Waals surface area contributed by atoms with Gasteiger partial charge in [0.2, 0.25) is 0 Å². The van der Waals surface area contributed by atoms with Crippen LogP contribution >= 0.6 is 0 Å². The van der Waals surface area contributed by atoms with E-state index in [2.05, 4.69) is 9.88 Å². The Labute approximate surface area is 189 Å². The fourth-order valence-electron chi connectivity index (χ4n) is 4.00. The third-order valence-corrected chi connectivity index (χ3v) is 5.54. The smallest absolute Gasteiger partial charge is 0.419 e. The Bertz CT molecular complexity index is 1140. The van der Waals surface area contributed by atoms with E-state index >= 15 is 0 Å². The number of fused-ring (bicyclic) bond motifs is 3. The van der Waals surface area contributed by atoms with Crippen molar-refractivity contribution < 1.29 is 19.0 Å². The van der Waals surface area contributed by atoms with Crippen LogP contribution in [0.2, 0.25) is 0 Å². The van der Waals surface area contributed by atoms with Crippen LogP contribution in [0, 0.1) is 0 Å². The predicted octanol–water partition coefficient (Wildman–Crippen LogP) is 5.19. The maximum absolute atomic E-state index is 13.3. The molecule has 0 saturated heterocycles. The summed E-state index contributed by atoms with van der Waals surface area (Å²) in [5, 5.41) is 1.92. The molecular formula is C25H33N3O4. The minimum absolute atomic E-state index is 0.408. The number of benzene rings is 1. The van der Waals surface area contributed by atoms with Crippen molar-refractivity contribution in [1.29, 1.82) is 0 Å². The van der Waals surface area contributed by atoms with Crippen molar-refractivity contribution in [3.8, 4) is 11.5 Å². The van der Waals surface area contributed by atoms with E-state index < -0.39 is 11.7 Å². The molecule has 0 spiro atoms. The molecule has 1 aliphatic rings. The van der Waals surface area contributed by atoms with E-state index in [9.17, 15) is 4.79 Å². The standard InChI is InChI=1S/C25H33N3O4/c1-25(2,3)32-24(29)28-18-10-11-26-23(16-8-9-16)22(18)17-14-20(30-6)21(15-19(17)28)31-13-7-12-27(4)5/h10-11,14-16H,7-9,12-13H2,1-6H3. The van der Waals surface area contributed by atoms with Gasteiger partial charge in [0, 0.05) is 35.5 Å². The highest BCUT2D eigenvalue weighted by atomic mass is 16.6. The first-order valence-electron chi connectivity index (χ1n) is 11.2. The molecule has 7 heteroatoms. The molecule has 32 heavy (non-hydrogen) atoms. The maximum atomic E-state index is 13.3. The van der Waals surface area contributed by atoms with E-state index in [-0.39, 0.29) is 0 Å². The zero-order chi connectivity index (χ0) is 23.0. The SMILES string of the molecule is COc1cc2c3c(C4CC4)nccc3n(C(=O)OC(C)(C)C)c2cc1OCCCN(C)C. The average Bonchev–Trinajstić information content (AvgIpc) is 3.50. The fraction of sp³-hybridized carbons (Fsp3) is 0.520. The van der Waals surface area contributed by atoms with Crippen molar-refractivity contribution in [2.24, 2.45) is 0 Å². The van der Waals surface area contributed by atoms with Gasteiger partial charge in [-0.05, 0) is 66.3 Å². The second-order valence-electron chi connectivity index (χ2n) is 9.71. The highest BCUT2D eigenvalue weighted by Crippen LogP contribution is 2.46. The molecule has 0 amide bonds. The van der Waals surface area contributed by atoms with Crippen molar-refractivity contribution in [3.05, 3.63) is 30.1 Å². The summed E-state index contributed by atoms with van der Waals surface area (Å²) in [6.07, 6.45) is 4.50. The van der Waals surface area contributed by atoms with Crippen LogP contribution in [0.5, 0.6) is 11.5 Å². The van der Waals surface area contributed by atoms with Gasteiger partial charge in [-0.2, -0.15) is 0 Å². The molecule has 7 nitrogen and oxygen atoms in total. The van der Waals surface area contributed by atoms with E-state index in [0.717, 1.165) is 53.3 Å². The summed E-state index contributed by atoms with van der Waals surface area (Å²) in [4.78, 5) is 20.1. The Kier molecular flexibility index (Phi) is 6.03. The van der Waals surface area contributed by atoms with E-state index in [1.54, 1.807) is 17.9 Å². The van der Waals surface area contributed by atoms with Crippen LogP contribution in [-0.2, 0) is 4.74 Å². The summed E-state index contributed by atoms with van der Waals surface area (Å²) < 4.78 is 19.2. The predicted molar refractivity (Wildman–Crippen MR) is 126 cm³/mol. The van der Waals surface area contributed by atoms with Crippen LogP contribution in [0.4, 0.5) is 4.79 Å². The lowest BCUT2D eigenvalue weighted by molar-refractivity contribution is 0.0551. The highest BCUT2D eigenvalue weighted by molar-refractivity contribution is 6.14. The molecule has 2 heterocycles. The Balaban J connectivity index is 1.87. The number of aromatic nitrogens is 2. The maximum Gasteiger partial charge on any atom is 0.419 e. The van der Waals surface area contributed by atoms with Gasteiger partial charge in [0.05, 0.1) is 30.4 Å². The van der Waals surface area contributed by atoms with E-state index in [1.807, 2.05) is 53.1 Å². The summed E-state index contributed by atoms with van der Waals surface area (Å²) >= 11 is 0. The zero-order valence-corrected chi connectivity index (χ0v) is 19.9. The number of carbonyl (C=O) groups excluding carboxylic acids is 1. The number of ether oxygens (including phenoxy) is 3. The first-order valence-corrected chi connectivity index (χ1v) is 11.2. The number of hydrogen-bond acceptors (Lipinski definition) is 6. The molecule has 0 atom stereocenters. The number of pyridine rings is 1. The van der Waals surface area contributed by atoms with Gasteiger partial charge in [0.1, 0.15) is 5.60 Å².